The average Bonchev–Trinajstić information content (AvgIpc) is 2.28. The summed E-state index contributed by atoms with van der Waals surface area (Å²) in [6.45, 7) is 9.90. The monoisotopic (exact) mass is 221 g/mol. The molecule has 3 nitrogen and oxygen atoms in total. The van der Waals surface area contributed by atoms with Crippen molar-refractivity contribution in [1.29, 1.82) is 0 Å². The topological polar surface area (TPSA) is 28.2 Å². The van der Waals surface area contributed by atoms with Gasteiger partial charge in [-0.3, -0.25) is 4.90 Å². The van der Waals surface area contributed by atoms with Crippen LogP contribution >= 0.6 is 0 Å². The van der Waals surface area contributed by atoms with E-state index in [2.05, 4.69) is 42.0 Å². The largest absolute Gasteiger partial charge is 0.373 e. The minimum absolute atomic E-state index is 0.703. The third-order valence-electron chi connectivity index (χ3n) is 2.59. The first-order valence-corrected chi connectivity index (χ1v) is 6.01. The lowest BCUT2D eigenvalue weighted by Crippen LogP contribution is -2.27. The summed E-state index contributed by atoms with van der Waals surface area (Å²) in [5.41, 5.74) is 1.27. The second-order valence-corrected chi connectivity index (χ2v) is 4.48. The number of hydrogen-bond acceptors (Lipinski definition) is 3. The van der Waals surface area contributed by atoms with Crippen LogP contribution in [0.3, 0.4) is 0 Å². The van der Waals surface area contributed by atoms with Crippen LogP contribution in [0.5, 0.6) is 0 Å². The van der Waals surface area contributed by atoms with Crippen molar-refractivity contribution in [3.05, 3.63) is 23.9 Å². The highest BCUT2D eigenvalue weighted by molar-refractivity contribution is 5.42. The predicted octanol–water partition coefficient (Wildman–Crippen LogP) is 2.60. The zero-order valence-electron chi connectivity index (χ0n) is 10.8. The molecule has 1 heterocycles. The molecular formula is C13H23N3. The summed E-state index contributed by atoms with van der Waals surface area (Å²) in [6.07, 6.45) is 1.83. The number of aromatic nitrogens is 1. The molecule has 0 radical (unpaired) electrons. The number of hydrogen-bond donors (Lipinski definition) is 1. The Morgan fingerprint density at radius 2 is 2.19 bits per heavy atom. The maximum absolute atomic E-state index is 4.33. The van der Waals surface area contributed by atoms with Crippen LogP contribution in [0.1, 0.15) is 26.3 Å². The molecule has 1 aromatic heterocycles. The van der Waals surface area contributed by atoms with Gasteiger partial charge in [-0.25, -0.2) is 4.98 Å². The molecule has 0 aliphatic heterocycles. The van der Waals surface area contributed by atoms with Crippen molar-refractivity contribution >= 4 is 5.82 Å². The van der Waals surface area contributed by atoms with E-state index in [1.54, 1.807) is 0 Å². The van der Waals surface area contributed by atoms with Gasteiger partial charge in [0.1, 0.15) is 5.82 Å². The molecule has 0 spiro atoms. The molecular weight excluding hydrogens is 198 g/mol. The molecule has 0 fully saturated rings. The van der Waals surface area contributed by atoms with Gasteiger partial charge in [0.15, 0.2) is 0 Å². The smallest absolute Gasteiger partial charge is 0.130 e. The Morgan fingerprint density at radius 1 is 1.44 bits per heavy atom. The molecule has 0 saturated carbocycles. The van der Waals surface area contributed by atoms with Gasteiger partial charge in [0.25, 0.3) is 0 Å². The summed E-state index contributed by atoms with van der Waals surface area (Å²) in [5.74, 6) is 1.69. The third-order valence-corrected chi connectivity index (χ3v) is 2.59. The zero-order valence-corrected chi connectivity index (χ0v) is 10.8. The Hall–Kier alpha value is -1.09. The van der Waals surface area contributed by atoms with Gasteiger partial charge in [-0.15, -0.1) is 0 Å². The Bertz CT molecular complexity index is 310. The van der Waals surface area contributed by atoms with E-state index < -0.39 is 0 Å². The summed E-state index contributed by atoms with van der Waals surface area (Å²) < 4.78 is 0. The lowest BCUT2D eigenvalue weighted by Gasteiger charge is -2.23. The lowest BCUT2D eigenvalue weighted by atomic mass is 10.2. The number of rotatable bonds is 6. The highest BCUT2D eigenvalue weighted by Gasteiger charge is 2.08. The average molecular weight is 221 g/mol. The fraction of sp³-hybridized carbons (Fsp3) is 0.615. The van der Waals surface area contributed by atoms with Gasteiger partial charge in [-0.1, -0.05) is 26.8 Å². The van der Waals surface area contributed by atoms with Crippen LogP contribution in [-0.4, -0.2) is 30.0 Å². The number of pyridine rings is 1. The van der Waals surface area contributed by atoms with Crippen molar-refractivity contribution in [3.8, 4) is 0 Å². The molecule has 90 valence electrons. The molecule has 3 heteroatoms. The predicted molar refractivity (Wildman–Crippen MR) is 69.6 cm³/mol. The summed E-state index contributed by atoms with van der Waals surface area (Å²) in [5, 5.41) is 3.14. The minimum Gasteiger partial charge on any atom is -0.373 e. The van der Waals surface area contributed by atoms with E-state index in [0.29, 0.717) is 5.92 Å². The summed E-state index contributed by atoms with van der Waals surface area (Å²) >= 11 is 0. The van der Waals surface area contributed by atoms with E-state index in [1.165, 1.54) is 5.56 Å². The van der Waals surface area contributed by atoms with Gasteiger partial charge in [0.2, 0.25) is 0 Å². The van der Waals surface area contributed by atoms with E-state index in [4.69, 9.17) is 0 Å². The second kappa shape index (κ2) is 6.48. The molecule has 0 saturated heterocycles. The maximum atomic E-state index is 4.33. The number of anilines is 1. The molecule has 1 N–H and O–H groups in total. The fourth-order valence-electron chi connectivity index (χ4n) is 1.85. The van der Waals surface area contributed by atoms with Gasteiger partial charge in [0, 0.05) is 31.9 Å². The molecule has 0 aromatic carbocycles. The Balaban J connectivity index is 2.69. The first kappa shape index (κ1) is 13.0. The molecule has 0 atom stereocenters. The molecule has 0 bridgehead atoms. The van der Waals surface area contributed by atoms with Gasteiger partial charge < -0.3 is 5.32 Å². The third kappa shape index (κ3) is 3.81. The minimum atomic E-state index is 0.703. The van der Waals surface area contributed by atoms with Crippen molar-refractivity contribution in [2.24, 2.45) is 5.92 Å². The van der Waals surface area contributed by atoms with Crippen molar-refractivity contribution in [1.82, 2.24) is 9.88 Å². The lowest BCUT2D eigenvalue weighted by molar-refractivity contribution is 0.248. The highest BCUT2D eigenvalue weighted by atomic mass is 15.1. The fourth-order valence-corrected chi connectivity index (χ4v) is 1.85. The Kier molecular flexibility index (Phi) is 5.26. The Labute approximate surface area is 98.9 Å². The van der Waals surface area contributed by atoms with E-state index >= 15 is 0 Å². The first-order chi connectivity index (χ1) is 7.67. The van der Waals surface area contributed by atoms with Crippen LogP contribution in [0.4, 0.5) is 5.82 Å². The van der Waals surface area contributed by atoms with Gasteiger partial charge in [0.05, 0.1) is 0 Å². The summed E-state index contributed by atoms with van der Waals surface area (Å²) in [6, 6.07) is 4.14. The van der Waals surface area contributed by atoms with Crippen LogP contribution in [0, 0.1) is 5.92 Å². The molecule has 1 aromatic rings. The Morgan fingerprint density at radius 3 is 2.75 bits per heavy atom. The standard InChI is InChI=1S/C13H23N3/c1-5-16(9-11(2)3)10-12-7-6-8-15-13(12)14-4/h6-8,11H,5,9-10H2,1-4H3,(H,14,15). The number of nitrogens with one attached hydrogen (secondary N) is 1. The molecule has 0 amide bonds. The second-order valence-electron chi connectivity index (χ2n) is 4.48. The van der Waals surface area contributed by atoms with E-state index in [9.17, 15) is 0 Å². The van der Waals surface area contributed by atoms with Crippen molar-refractivity contribution < 1.29 is 0 Å². The quantitative estimate of drug-likeness (QED) is 0.800. The van der Waals surface area contributed by atoms with Gasteiger partial charge >= 0.3 is 0 Å². The van der Waals surface area contributed by atoms with Crippen LogP contribution in [0.25, 0.3) is 0 Å². The van der Waals surface area contributed by atoms with Crippen molar-refractivity contribution in [2.45, 2.75) is 27.3 Å². The molecule has 1 rings (SSSR count). The van der Waals surface area contributed by atoms with Crippen LogP contribution in [0.2, 0.25) is 0 Å². The molecule has 0 aliphatic rings. The van der Waals surface area contributed by atoms with Gasteiger partial charge in [-0.2, -0.15) is 0 Å². The highest BCUT2D eigenvalue weighted by Crippen LogP contribution is 2.14. The first-order valence-electron chi connectivity index (χ1n) is 6.01. The molecule has 0 unspecified atom stereocenters. The molecule has 16 heavy (non-hydrogen) atoms. The summed E-state index contributed by atoms with van der Waals surface area (Å²) in [4.78, 5) is 6.77. The maximum Gasteiger partial charge on any atom is 0.130 e. The zero-order chi connectivity index (χ0) is 12.0. The summed E-state index contributed by atoms with van der Waals surface area (Å²) in [7, 11) is 1.92. The van der Waals surface area contributed by atoms with Crippen LogP contribution < -0.4 is 5.32 Å². The van der Waals surface area contributed by atoms with Gasteiger partial charge in [-0.05, 0) is 18.5 Å². The SMILES string of the molecule is CCN(Cc1cccnc1NC)CC(C)C. The van der Waals surface area contributed by atoms with Crippen molar-refractivity contribution in [3.63, 3.8) is 0 Å². The van der Waals surface area contributed by atoms with Crippen LogP contribution in [0.15, 0.2) is 18.3 Å². The van der Waals surface area contributed by atoms with E-state index in [1.807, 2.05) is 19.3 Å². The number of nitrogens with zero attached hydrogens (tertiary/aromatic N) is 2. The van der Waals surface area contributed by atoms with Crippen LogP contribution in [-0.2, 0) is 6.54 Å². The normalized spacial score (nSPS) is 11.1. The van der Waals surface area contributed by atoms with E-state index in [-0.39, 0.29) is 0 Å². The van der Waals surface area contributed by atoms with E-state index in [0.717, 1.165) is 25.5 Å². The van der Waals surface area contributed by atoms with Crippen molar-refractivity contribution in [2.75, 3.05) is 25.5 Å². The molecule has 0 aliphatic carbocycles.